The van der Waals surface area contributed by atoms with Crippen molar-refractivity contribution in [2.24, 2.45) is 0 Å². The molecule has 118 valence electrons. The highest BCUT2D eigenvalue weighted by molar-refractivity contribution is 6.05. The Morgan fingerprint density at radius 2 is 1.86 bits per heavy atom. The molecule has 0 saturated carbocycles. The molecular formula is C17H22N2O3. The number of hydrogen-bond acceptors (Lipinski definition) is 4. The number of carbonyl (C=O) groups is 2. The van der Waals surface area contributed by atoms with Crippen molar-refractivity contribution in [3.8, 4) is 0 Å². The van der Waals surface area contributed by atoms with Crippen molar-refractivity contribution in [2.75, 3.05) is 0 Å². The molecule has 0 bridgehead atoms. The smallest absolute Gasteiger partial charge is 0.417 e. The molecule has 5 heteroatoms. The number of ether oxygens (including phenoxy) is 1. The Bertz CT molecular complexity index is 659. The fraction of sp³-hybridized carbons (Fsp3) is 0.588. The minimum atomic E-state index is -0.617. The predicted molar refractivity (Wildman–Crippen MR) is 81.7 cm³/mol. The summed E-state index contributed by atoms with van der Waals surface area (Å²) in [6.07, 6.45) is 3.62. The van der Waals surface area contributed by atoms with Crippen LogP contribution in [0.15, 0.2) is 0 Å². The summed E-state index contributed by atoms with van der Waals surface area (Å²) < 4.78 is 5.33. The maximum atomic E-state index is 12.5. The zero-order valence-corrected chi connectivity index (χ0v) is 13.7. The largest absolute Gasteiger partial charge is 0.443 e. The minimum absolute atomic E-state index is 0.273. The molecule has 1 aliphatic heterocycles. The first-order valence-corrected chi connectivity index (χ1v) is 7.84. The molecule has 0 aromatic carbocycles. The van der Waals surface area contributed by atoms with E-state index >= 15 is 0 Å². The molecule has 1 aromatic heterocycles. The van der Waals surface area contributed by atoms with Gasteiger partial charge < -0.3 is 4.74 Å². The highest BCUT2D eigenvalue weighted by Crippen LogP contribution is 2.32. The summed E-state index contributed by atoms with van der Waals surface area (Å²) in [4.78, 5) is 30.5. The lowest BCUT2D eigenvalue weighted by atomic mass is 9.90. The molecule has 2 amide bonds. The molecule has 5 nitrogen and oxygen atoms in total. The monoisotopic (exact) mass is 302 g/mol. The van der Waals surface area contributed by atoms with Gasteiger partial charge >= 0.3 is 6.09 Å². The Balaban J connectivity index is 1.94. The van der Waals surface area contributed by atoms with Gasteiger partial charge in [0.05, 0.1) is 6.54 Å². The molecule has 0 fully saturated rings. The molecule has 1 aliphatic carbocycles. The maximum Gasteiger partial charge on any atom is 0.417 e. The first-order chi connectivity index (χ1) is 10.3. The number of hydrogen-bond donors (Lipinski definition) is 0. The van der Waals surface area contributed by atoms with E-state index in [1.165, 1.54) is 10.5 Å². The average Bonchev–Trinajstić information content (AvgIpc) is 2.75. The van der Waals surface area contributed by atoms with E-state index in [0.29, 0.717) is 5.69 Å². The van der Waals surface area contributed by atoms with Crippen LogP contribution in [0.2, 0.25) is 0 Å². The van der Waals surface area contributed by atoms with Crippen molar-refractivity contribution in [1.82, 2.24) is 9.88 Å². The van der Waals surface area contributed by atoms with Crippen LogP contribution in [0.3, 0.4) is 0 Å². The zero-order valence-electron chi connectivity index (χ0n) is 13.7. The predicted octanol–water partition coefficient (Wildman–Crippen LogP) is 3.16. The van der Waals surface area contributed by atoms with Crippen molar-refractivity contribution in [1.29, 1.82) is 0 Å². The van der Waals surface area contributed by atoms with Gasteiger partial charge in [0, 0.05) is 11.3 Å². The van der Waals surface area contributed by atoms with Crippen molar-refractivity contribution in [3.05, 3.63) is 28.1 Å². The number of aryl methyl sites for hydroxylation is 1. The van der Waals surface area contributed by atoms with E-state index in [9.17, 15) is 9.59 Å². The highest BCUT2D eigenvalue weighted by atomic mass is 16.6. The lowest BCUT2D eigenvalue weighted by Gasteiger charge is -2.23. The third-order valence-corrected chi connectivity index (χ3v) is 4.25. The third kappa shape index (κ3) is 2.49. The number of nitrogens with zero attached hydrogens (tertiary/aromatic N) is 2. The number of carbonyl (C=O) groups excluding carboxylic acids is 2. The van der Waals surface area contributed by atoms with Crippen LogP contribution < -0.4 is 0 Å². The molecule has 0 atom stereocenters. The van der Waals surface area contributed by atoms with E-state index in [2.05, 4.69) is 4.98 Å². The van der Waals surface area contributed by atoms with Gasteiger partial charge in [-0.25, -0.2) is 14.7 Å². The molecule has 2 heterocycles. The molecule has 0 N–H and O–H groups in total. The van der Waals surface area contributed by atoms with Crippen LogP contribution in [0.25, 0.3) is 0 Å². The van der Waals surface area contributed by atoms with E-state index in [1.54, 1.807) is 20.8 Å². The zero-order chi connectivity index (χ0) is 16.1. The second kappa shape index (κ2) is 5.07. The molecule has 0 unspecified atom stereocenters. The van der Waals surface area contributed by atoms with E-state index in [0.717, 1.165) is 42.5 Å². The highest BCUT2D eigenvalue weighted by Gasteiger charge is 2.38. The van der Waals surface area contributed by atoms with Crippen molar-refractivity contribution in [3.63, 3.8) is 0 Å². The van der Waals surface area contributed by atoms with Gasteiger partial charge in [0.25, 0.3) is 5.91 Å². The van der Waals surface area contributed by atoms with Crippen molar-refractivity contribution >= 4 is 12.0 Å². The normalized spacial score (nSPS) is 17.3. The second-order valence-electron chi connectivity index (χ2n) is 7.07. The summed E-state index contributed by atoms with van der Waals surface area (Å²) in [5.74, 6) is -0.333. The van der Waals surface area contributed by atoms with E-state index in [1.807, 2.05) is 6.92 Å². The summed E-state index contributed by atoms with van der Waals surface area (Å²) in [5.41, 5.74) is 4.12. The van der Waals surface area contributed by atoms with Crippen molar-refractivity contribution in [2.45, 2.75) is 65.5 Å². The van der Waals surface area contributed by atoms with Gasteiger partial charge in [-0.3, -0.25) is 4.79 Å². The second-order valence-corrected chi connectivity index (χ2v) is 7.07. The van der Waals surface area contributed by atoms with Gasteiger partial charge in [0.1, 0.15) is 11.3 Å². The number of imide groups is 1. The molecule has 0 saturated heterocycles. The van der Waals surface area contributed by atoms with Crippen LogP contribution in [0.1, 0.15) is 66.5 Å². The number of rotatable bonds is 0. The molecule has 1 aromatic rings. The molecular weight excluding hydrogens is 280 g/mol. The fourth-order valence-corrected chi connectivity index (χ4v) is 3.17. The molecule has 2 aliphatic rings. The number of aromatic nitrogens is 1. The van der Waals surface area contributed by atoms with Gasteiger partial charge in [-0.05, 0) is 64.5 Å². The molecule has 0 spiro atoms. The third-order valence-electron chi connectivity index (χ3n) is 4.25. The Kier molecular flexibility index (Phi) is 3.46. The SMILES string of the molecule is Cc1c2c(nc3c1CN(C(=O)OC(C)(C)C)C3=O)CCCC2. The van der Waals surface area contributed by atoms with E-state index in [4.69, 9.17) is 4.74 Å². The summed E-state index contributed by atoms with van der Waals surface area (Å²) in [6.45, 7) is 7.69. The Hall–Kier alpha value is -1.91. The summed E-state index contributed by atoms with van der Waals surface area (Å²) >= 11 is 0. The first-order valence-electron chi connectivity index (χ1n) is 7.84. The van der Waals surface area contributed by atoms with Crippen LogP contribution in [0.5, 0.6) is 0 Å². The van der Waals surface area contributed by atoms with Gasteiger partial charge in [0.2, 0.25) is 0 Å². The van der Waals surface area contributed by atoms with E-state index in [-0.39, 0.29) is 12.5 Å². The average molecular weight is 302 g/mol. The minimum Gasteiger partial charge on any atom is -0.443 e. The van der Waals surface area contributed by atoms with Gasteiger partial charge in [0.15, 0.2) is 0 Å². The summed E-state index contributed by atoms with van der Waals surface area (Å²) in [6, 6.07) is 0. The molecule has 22 heavy (non-hydrogen) atoms. The molecule has 3 rings (SSSR count). The van der Waals surface area contributed by atoms with Crippen molar-refractivity contribution < 1.29 is 14.3 Å². The number of amides is 2. The lowest BCUT2D eigenvalue weighted by Crippen LogP contribution is -2.37. The van der Waals surface area contributed by atoms with Crippen LogP contribution in [-0.2, 0) is 24.1 Å². The first kappa shape index (κ1) is 15.0. The quantitative estimate of drug-likeness (QED) is 0.738. The van der Waals surface area contributed by atoms with Crippen LogP contribution in [0, 0.1) is 6.92 Å². The van der Waals surface area contributed by atoms with E-state index < -0.39 is 11.7 Å². The topological polar surface area (TPSA) is 59.5 Å². The Morgan fingerprint density at radius 3 is 2.55 bits per heavy atom. The summed E-state index contributed by atoms with van der Waals surface area (Å²) in [7, 11) is 0. The van der Waals surface area contributed by atoms with Crippen LogP contribution >= 0.6 is 0 Å². The maximum absolute atomic E-state index is 12.5. The van der Waals surface area contributed by atoms with Gasteiger partial charge in [-0.15, -0.1) is 0 Å². The van der Waals surface area contributed by atoms with Gasteiger partial charge in [-0.2, -0.15) is 0 Å². The van der Waals surface area contributed by atoms with Crippen LogP contribution in [0.4, 0.5) is 4.79 Å². The number of pyridine rings is 1. The summed E-state index contributed by atoms with van der Waals surface area (Å²) in [5, 5.41) is 0. The fourth-order valence-electron chi connectivity index (χ4n) is 3.17. The Morgan fingerprint density at radius 1 is 1.18 bits per heavy atom. The Labute approximate surface area is 130 Å². The van der Waals surface area contributed by atoms with Gasteiger partial charge in [-0.1, -0.05) is 0 Å². The lowest BCUT2D eigenvalue weighted by molar-refractivity contribution is 0.0247. The standard InChI is InChI=1S/C17H22N2O3/c1-10-11-7-5-6-8-13(11)18-14-12(10)9-19(15(14)20)16(21)22-17(2,3)4/h5-9H2,1-4H3. The van der Waals surface area contributed by atoms with Crippen LogP contribution in [-0.4, -0.2) is 27.5 Å². The number of fused-ring (bicyclic) bond motifs is 2. The molecule has 0 radical (unpaired) electrons.